The van der Waals surface area contributed by atoms with Gasteiger partial charge in [0.1, 0.15) is 4.47 Å². The molecule has 9 nitrogen and oxygen atoms in total. The highest BCUT2D eigenvalue weighted by Gasteiger charge is 2.30. The summed E-state index contributed by atoms with van der Waals surface area (Å²) in [6.07, 6.45) is -1.74. The number of nitrogens with zero attached hydrogens (tertiary/aromatic N) is 4. The van der Waals surface area contributed by atoms with Crippen LogP contribution in [-0.4, -0.2) is 30.8 Å². The first-order chi connectivity index (χ1) is 13.1. The highest BCUT2D eigenvalue weighted by atomic mass is 79.9. The molecule has 0 unspecified atom stereocenters. The van der Waals surface area contributed by atoms with Gasteiger partial charge in [-0.3, -0.25) is 9.48 Å². The number of hydrogen-bond acceptors (Lipinski definition) is 5. The number of carbonyl (C=O) groups is 1. The molecule has 2 N–H and O–H groups in total. The quantitative estimate of drug-likeness (QED) is 0.447. The van der Waals surface area contributed by atoms with Crippen LogP contribution in [0.3, 0.4) is 0 Å². The lowest BCUT2D eigenvalue weighted by Crippen LogP contribution is -2.12. The van der Waals surface area contributed by atoms with Crippen LogP contribution in [0.5, 0.6) is 0 Å². The number of carbonyl (C=O) groups excluding carboxylic acids is 1. The molecule has 0 saturated heterocycles. The zero-order chi connectivity index (χ0) is 20.5. The number of alkyl halides is 3. The van der Waals surface area contributed by atoms with Crippen molar-refractivity contribution in [3.63, 3.8) is 0 Å². The van der Waals surface area contributed by atoms with Crippen LogP contribution >= 0.6 is 15.9 Å². The van der Waals surface area contributed by atoms with Crippen LogP contribution in [0.1, 0.15) is 21.6 Å². The van der Waals surface area contributed by atoms with E-state index in [2.05, 4.69) is 36.5 Å². The van der Waals surface area contributed by atoms with Crippen LogP contribution in [0.15, 0.2) is 41.1 Å². The average Bonchev–Trinajstić information content (AvgIpc) is 3.20. The van der Waals surface area contributed by atoms with Crippen molar-refractivity contribution in [2.24, 2.45) is 0 Å². The predicted molar refractivity (Wildman–Crippen MR) is 93.7 cm³/mol. The largest absolute Gasteiger partial charge is 0.416 e. The SMILES string of the molecule is O=C(Nc1cnn(Cc2cccc(C(F)(F)F)c2)c1)c1n[nH]c([N+](=O)[O-])c1Br. The number of nitrogens with one attached hydrogen (secondary N) is 2. The number of aromatic nitrogens is 4. The number of anilines is 1. The summed E-state index contributed by atoms with van der Waals surface area (Å²) in [5.74, 6) is -1.19. The molecule has 13 heteroatoms. The molecule has 1 amide bonds. The van der Waals surface area contributed by atoms with E-state index in [9.17, 15) is 28.1 Å². The molecule has 0 atom stereocenters. The van der Waals surface area contributed by atoms with E-state index in [0.29, 0.717) is 5.56 Å². The zero-order valence-corrected chi connectivity index (χ0v) is 15.3. The number of hydrogen-bond donors (Lipinski definition) is 2. The van der Waals surface area contributed by atoms with E-state index in [1.54, 1.807) is 0 Å². The van der Waals surface area contributed by atoms with Gasteiger partial charge in [0, 0.05) is 6.20 Å². The fourth-order valence-electron chi connectivity index (χ4n) is 2.33. The lowest BCUT2D eigenvalue weighted by Gasteiger charge is -2.08. The Morgan fingerprint density at radius 1 is 1.39 bits per heavy atom. The number of halogens is 4. The molecule has 0 radical (unpaired) electrons. The highest BCUT2D eigenvalue weighted by Crippen LogP contribution is 2.30. The predicted octanol–water partition coefficient (Wildman–Crippen LogP) is 3.60. The number of nitro groups is 1. The monoisotopic (exact) mass is 458 g/mol. The van der Waals surface area contributed by atoms with Crippen LogP contribution in [0.4, 0.5) is 24.7 Å². The molecular formula is C15H10BrF3N6O3. The van der Waals surface area contributed by atoms with E-state index in [-0.39, 0.29) is 22.4 Å². The van der Waals surface area contributed by atoms with Crippen molar-refractivity contribution >= 4 is 33.3 Å². The Bertz CT molecular complexity index is 1050. The first-order valence-electron chi connectivity index (χ1n) is 7.53. The Morgan fingerprint density at radius 3 is 2.79 bits per heavy atom. The maximum absolute atomic E-state index is 12.8. The van der Waals surface area contributed by atoms with Crippen LogP contribution in [0.25, 0.3) is 0 Å². The van der Waals surface area contributed by atoms with Gasteiger partial charge in [-0.1, -0.05) is 17.2 Å². The summed E-state index contributed by atoms with van der Waals surface area (Å²) in [6.45, 7) is 0.0529. The van der Waals surface area contributed by atoms with Crippen LogP contribution < -0.4 is 5.32 Å². The summed E-state index contributed by atoms with van der Waals surface area (Å²) in [4.78, 5) is 22.2. The summed E-state index contributed by atoms with van der Waals surface area (Å²) in [7, 11) is 0. The first kappa shape index (κ1) is 19.5. The second-order valence-electron chi connectivity index (χ2n) is 5.57. The van der Waals surface area contributed by atoms with Crippen molar-refractivity contribution in [1.82, 2.24) is 20.0 Å². The fraction of sp³-hybridized carbons (Fsp3) is 0.133. The molecule has 146 valence electrons. The van der Waals surface area contributed by atoms with E-state index < -0.39 is 28.4 Å². The molecule has 0 bridgehead atoms. The first-order valence-corrected chi connectivity index (χ1v) is 8.32. The summed E-state index contributed by atoms with van der Waals surface area (Å²) in [6, 6.07) is 4.81. The van der Waals surface area contributed by atoms with Gasteiger partial charge in [-0.05, 0) is 38.5 Å². The third kappa shape index (κ3) is 4.19. The molecule has 28 heavy (non-hydrogen) atoms. The molecule has 2 aromatic heterocycles. The van der Waals surface area contributed by atoms with Crippen molar-refractivity contribution in [1.29, 1.82) is 0 Å². The van der Waals surface area contributed by atoms with E-state index in [4.69, 9.17) is 0 Å². The molecule has 0 aliphatic carbocycles. The molecule has 3 rings (SSSR count). The minimum absolute atomic E-state index is 0.0529. The van der Waals surface area contributed by atoms with Gasteiger partial charge in [0.25, 0.3) is 5.91 Å². The second-order valence-corrected chi connectivity index (χ2v) is 6.36. The summed E-state index contributed by atoms with van der Waals surface area (Å²) < 4.78 is 39.6. The Kier molecular flexibility index (Phi) is 5.18. The Hall–Kier alpha value is -3.22. The number of H-pyrrole nitrogens is 1. The molecule has 2 heterocycles. The smallest absolute Gasteiger partial charge is 0.358 e. The van der Waals surface area contributed by atoms with Gasteiger partial charge in [-0.25, -0.2) is 0 Å². The maximum Gasteiger partial charge on any atom is 0.416 e. The van der Waals surface area contributed by atoms with E-state index in [0.717, 1.165) is 12.1 Å². The maximum atomic E-state index is 12.8. The Morgan fingerprint density at radius 2 is 2.14 bits per heavy atom. The van der Waals surface area contributed by atoms with E-state index in [1.807, 2.05) is 0 Å². The number of amides is 1. The minimum atomic E-state index is -4.45. The number of aromatic amines is 1. The minimum Gasteiger partial charge on any atom is -0.358 e. The van der Waals surface area contributed by atoms with Gasteiger partial charge in [0.05, 0.1) is 24.0 Å². The lowest BCUT2D eigenvalue weighted by molar-refractivity contribution is -0.390. The Labute approximate surface area is 162 Å². The molecule has 0 aliphatic rings. The summed E-state index contributed by atoms with van der Waals surface area (Å²) in [5, 5.41) is 22.9. The van der Waals surface area contributed by atoms with E-state index >= 15 is 0 Å². The van der Waals surface area contributed by atoms with Gasteiger partial charge in [0.2, 0.25) is 0 Å². The molecule has 0 spiro atoms. The molecule has 0 saturated carbocycles. The Balaban J connectivity index is 1.71. The van der Waals surface area contributed by atoms with Crippen molar-refractivity contribution in [2.45, 2.75) is 12.7 Å². The van der Waals surface area contributed by atoms with Crippen LogP contribution in [0.2, 0.25) is 0 Å². The third-order valence-corrected chi connectivity index (χ3v) is 4.33. The highest BCUT2D eigenvalue weighted by molar-refractivity contribution is 9.10. The topological polar surface area (TPSA) is 119 Å². The molecule has 0 aliphatic heterocycles. The summed E-state index contributed by atoms with van der Waals surface area (Å²) >= 11 is 2.93. The van der Waals surface area contributed by atoms with Gasteiger partial charge >= 0.3 is 12.0 Å². The standard InChI is InChI=1S/C15H10BrF3N6O3/c16-11-12(22-23-13(11)25(27)28)14(26)21-10-5-20-24(7-10)6-8-2-1-3-9(4-8)15(17,18)19/h1-5,7H,6H2,(H,21,26)(H,22,23). The second kappa shape index (κ2) is 7.42. The fourth-order valence-corrected chi connectivity index (χ4v) is 2.83. The van der Waals surface area contributed by atoms with Crippen molar-refractivity contribution in [2.75, 3.05) is 5.32 Å². The normalized spacial score (nSPS) is 11.4. The van der Waals surface area contributed by atoms with Crippen molar-refractivity contribution in [3.05, 3.63) is 68.1 Å². The lowest BCUT2D eigenvalue weighted by atomic mass is 10.1. The number of benzene rings is 1. The molecule has 3 aromatic rings. The molecule has 1 aromatic carbocycles. The third-order valence-electron chi connectivity index (χ3n) is 3.58. The molecular weight excluding hydrogens is 449 g/mol. The van der Waals surface area contributed by atoms with Gasteiger partial charge in [-0.2, -0.15) is 18.3 Å². The number of rotatable bonds is 5. The zero-order valence-electron chi connectivity index (χ0n) is 13.7. The average molecular weight is 459 g/mol. The van der Waals surface area contributed by atoms with Crippen LogP contribution in [-0.2, 0) is 12.7 Å². The van der Waals surface area contributed by atoms with Gasteiger partial charge in [0.15, 0.2) is 5.69 Å². The van der Waals surface area contributed by atoms with Gasteiger partial charge < -0.3 is 15.4 Å². The van der Waals surface area contributed by atoms with Crippen molar-refractivity contribution < 1.29 is 22.9 Å². The molecule has 0 fully saturated rings. The summed E-state index contributed by atoms with van der Waals surface area (Å²) in [5.41, 5.74) is -0.371. The van der Waals surface area contributed by atoms with Crippen LogP contribution in [0, 0.1) is 10.1 Å². The van der Waals surface area contributed by atoms with E-state index in [1.165, 1.54) is 29.2 Å². The van der Waals surface area contributed by atoms with Crippen molar-refractivity contribution in [3.8, 4) is 0 Å². The van der Waals surface area contributed by atoms with Gasteiger partial charge in [-0.15, -0.1) is 5.10 Å².